The summed E-state index contributed by atoms with van der Waals surface area (Å²) in [6.07, 6.45) is -4.79. The van der Waals surface area contributed by atoms with E-state index in [2.05, 4.69) is 10.1 Å². The van der Waals surface area contributed by atoms with Crippen molar-refractivity contribution in [2.75, 3.05) is 13.2 Å². The molecule has 0 aromatic heterocycles. The molecule has 0 bridgehead atoms. The number of rotatable bonds is 6. The van der Waals surface area contributed by atoms with Crippen molar-refractivity contribution in [3.8, 4) is 0 Å². The molecular weight excluding hydrogens is 229 g/mol. The number of nitrogens with one attached hydrogen (secondary N) is 2. The van der Waals surface area contributed by atoms with Crippen molar-refractivity contribution in [2.24, 2.45) is 0 Å². The quantitative estimate of drug-likeness (QED) is 0.711. The molecule has 0 heterocycles. The molecule has 16 heavy (non-hydrogen) atoms. The Kier molecular flexibility index (Phi) is 6.28. The normalized spacial score (nSPS) is 10.9. The van der Waals surface area contributed by atoms with E-state index in [9.17, 15) is 22.8 Å². The highest BCUT2D eigenvalue weighted by atomic mass is 19.4. The van der Waals surface area contributed by atoms with Gasteiger partial charge in [-0.3, -0.25) is 10.5 Å². The fourth-order valence-corrected chi connectivity index (χ4v) is 0.799. The third kappa shape index (κ3) is 10.6. The van der Waals surface area contributed by atoms with Crippen molar-refractivity contribution in [2.45, 2.75) is 25.4 Å². The largest absolute Gasteiger partial charge is 0.440 e. The van der Waals surface area contributed by atoms with E-state index in [0.29, 0.717) is 12.8 Å². The Morgan fingerprint density at radius 1 is 1.25 bits per heavy atom. The minimum absolute atomic E-state index is 0.0687. The molecule has 1 radical (unpaired) electrons. The Morgan fingerprint density at radius 2 is 1.88 bits per heavy atom. The number of halogens is 3. The van der Waals surface area contributed by atoms with Crippen molar-refractivity contribution in [3.63, 3.8) is 0 Å². The van der Waals surface area contributed by atoms with Crippen LogP contribution in [0.25, 0.3) is 0 Å². The summed E-state index contributed by atoms with van der Waals surface area (Å²) in [4.78, 5) is 20.8. The Bertz CT molecular complexity index is 243. The molecule has 0 rings (SSSR count). The fraction of sp³-hybridized carbons (Fsp3) is 0.750. The molecule has 2 N–H and O–H groups in total. The van der Waals surface area contributed by atoms with Gasteiger partial charge in [-0.25, -0.2) is 4.79 Å². The monoisotopic (exact) mass is 241 g/mol. The number of ether oxygens (including phenoxy) is 1. The first-order chi connectivity index (χ1) is 7.31. The second-order valence-electron chi connectivity index (χ2n) is 3.00. The third-order valence-electron chi connectivity index (χ3n) is 1.47. The lowest BCUT2D eigenvalue weighted by Crippen LogP contribution is -2.29. The number of alkyl halides is 3. The highest BCUT2D eigenvalue weighted by molar-refractivity contribution is 5.72. The summed E-state index contributed by atoms with van der Waals surface area (Å²) in [5.74, 6) is -0.709. The van der Waals surface area contributed by atoms with Crippen LogP contribution in [0.4, 0.5) is 18.0 Å². The maximum Gasteiger partial charge on any atom is 0.422 e. The highest BCUT2D eigenvalue weighted by Gasteiger charge is 2.29. The minimum Gasteiger partial charge on any atom is -0.440 e. The first-order valence-electron chi connectivity index (χ1n) is 4.53. The predicted molar refractivity (Wildman–Crippen MR) is 47.4 cm³/mol. The van der Waals surface area contributed by atoms with Crippen molar-refractivity contribution in [1.29, 1.82) is 0 Å². The van der Waals surface area contributed by atoms with Gasteiger partial charge in [0.05, 0.1) is 0 Å². The summed E-state index contributed by atoms with van der Waals surface area (Å²) in [5.41, 5.74) is 6.56. The smallest absolute Gasteiger partial charge is 0.422 e. The average molecular weight is 241 g/mol. The van der Waals surface area contributed by atoms with Crippen LogP contribution in [0.3, 0.4) is 0 Å². The van der Waals surface area contributed by atoms with Crippen molar-refractivity contribution in [3.05, 3.63) is 0 Å². The van der Waals surface area contributed by atoms with Gasteiger partial charge in [-0.1, -0.05) is 0 Å². The molecule has 0 aliphatic carbocycles. The van der Waals surface area contributed by atoms with Gasteiger partial charge >= 0.3 is 12.3 Å². The van der Waals surface area contributed by atoms with Crippen molar-refractivity contribution >= 4 is 12.0 Å². The molecule has 8 heteroatoms. The van der Waals surface area contributed by atoms with Gasteiger partial charge in [-0.2, -0.15) is 13.2 Å². The summed E-state index contributed by atoms with van der Waals surface area (Å²) in [6.45, 7) is -1.51. The Morgan fingerprint density at radius 3 is 2.38 bits per heavy atom. The molecule has 0 saturated heterocycles. The van der Waals surface area contributed by atoms with Gasteiger partial charge in [0.1, 0.15) is 0 Å². The predicted octanol–water partition coefficient (Wildman–Crippen LogP) is 1.25. The molecule has 2 amide bonds. The molecule has 0 atom stereocenters. The fourth-order valence-electron chi connectivity index (χ4n) is 0.799. The number of carbonyl (C=O) groups excluding carboxylic acids is 2. The second kappa shape index (κ2) is 6.91. The van der Waals surface area contributed by atoms with Crippen LogP contribution in [-0.2, 0) is 9.53 Å². The van der Waals surface area contributed by atoms with Crippen LogP contribution >= 0.6 is 0 Å². The Balaban J connectivity index is 3.41. The first kappa shape index (κ1) is 14.5. The van der Waals surface area contributed by atoms with Crippen LogP contribution < -0.4 is 11.1 Å². The summed E-state index contributed by atoms with van der Waals surface area (Å²) >= 11 is 0. The number of amides is 2. The zero-order chi connectivity index (χ0) is 12.6. The molecule has 0 aromatic carbocycles. The second-order valence-corrected chi connectivity index (χ2v) is 3.00. The average Bonchev–Trinajstić information content (AvgIpc) is 2.12. The van der Waals surface area contributed by atoms with Crippen LogP contribution in [0.1, 0.15) is 19.3 Å². The topological polar surface area (TPSA) is 79.2 Å². The molecule has 5 nitrogen and oxygen atoms in total. The van der Waals surface area contributed by atoms with Gasteiger partial charge in [0, 0.05) is 13.0 Å². The van der Waals surface area contributed by atoms with Crippen molar-refractivity contribution in [1.82, 2.24) is 11.1 Å². The molecule has 0 fully saturated rings. The molecule has 0 aromatic rings. The zero-order valence-electron chi connectivity index (χ0n) is 8.39. The molecule has 0 saturated carbocycles. The summed E-state index contributed by atoms with van der Waals surface area (Å²) in [7, 11) is 0. The van der Waals surface area contributed by atoms with Crippen LogP contribution in [0, 0.1) is 0 Å². The minimum atomic E-state index is -4.53. The van der Waals surface area contributed by atoms with E-state index < -0.39 is 24.8 Å². The number of hydrogen-bond acceptors (Lipinski definition) is 3. The van der Waals surface area contributed by atoms with E-state index >= 15 is 0 Å². The van der Waals surface area contributed by atoms with Crippen LogP contribution in [-0.4, -0.2) is 31.3 Å². The molecule has 93 valence electrons. The van der Waals surface area contributed by atoms with Gasteiger partial charge in [-0.15, -0.1) is 0 Å². The van der Waals surface area contributed by atoms with Gasteiger partial charge in [0.15, 0.2) is 6.61 Å². The van der Waals surface area contributed by atoms with Gasteiger partial charge < -0.3 is 10.1 Å². The highest BCUT2D eigenvalue weighted by Crippen LogP contribution is 2.14. The van der Waals surface area contributed by atoms with E-state index in [4.69, 9.17) is 5.73 Å². The number of hydrogen-bond donors (Lipinski definition) is 1. The summed E-state index contributed by atoms with van der Waals surface area (Å²) < 4.78 is 38.6. The van der Waals surface area contributed by atoms with Crippen LogP contribution in [0.15, 0.2) is 0 Å². The van der Waals surface area contributed by atoms with Crippen LogP contribution in [0.5, 0.6) is 0 Å². The maximum absolute atomic E-state index is 11.6. The number of unbranched alkanes of at least 4 members (excludes halogenated alkanes) is 1. The van der Waals surface area contributed by atoms with Crippen LogP contribution in [0.2, 0.25) is 0 Å². The van der Waals surface area contributed by atoms with Gasteiger partial charge in [-0.05, 0) is 12.8 Å². The zero-order valence-corrected chi connectivity index (χ0v) is 8.39. The number of carbonyl (C=O) groups is 2. The molecule has 0 spiro atoms. The molecular formula is C8H12F3N2O3. The standard InChI is InChI=1S/C8H12F3N2O3/c9-8(10,11)5-16-7(15)13-4-2-1-3-6(12)14/h12H,1-5H2,(H,13,15). The lowest BCUT2D eigenvalue weighted by Gasteiger charge is -2.08. The van der Waals surface area contributed by atoms with E-state index in [1.54, 1.807) is 0 Å². The Labute approximate surface area is 90.1 Å². The Hall–Kier alpha value is -1.47. The third-order valence-corrected chi connectivity index (χ3v) is 1.47. The SMILES string of the molecule is [NH]C(=O)CCCCNC(=O)OCC(F)(F)F. The first-order valence-corrected chi connectivity index (χ1v) is 4.53. The molecule has 0 aliphatic rings. The summed E-state index contributed by atoms with van der Waals surface area (Å²) in [5, 5.41) is 2.10. The van der Waals surface area contributed by atoms with Gasteiger partial charge in [0.25, 0.3) is 0 Å². The molecule has 0 unspecified atom stereocenters. The van der Waals surface area contributed by atoms with E-state index in [0.717, 1.165) is 0 Å². The van der Waals surface area contributed by atoms with E-state index in [1.807, 2.05) is 0 Å². The number of alkyl carbamates (subject to hydrolysis) is 1. The van der Waals surface area contributed by atoms with E-state index in [-0.39, 0.29) is 13.0 Å². The lowest BCUT2D eigenvalue weighted by atomic mass is 10.2. The lowest BCUT2D eigenvalue weighted by molar-refractivity contribution is -0.160. The maximum atomic E-state index is 11.6. The summed E-state index contributed by atoms with van der Waals surface area (Å²) in [6, 6.07) is 0. The van der Waals surface area contributed by atoms with Gasteiger partial charge in [0.2, 0.25) is 5.91 Å². The van der Waals surface area contributed by atoms with Crippen molar-refractivity contribution < 1.29 is 27.5 Å². The van der Waals surface area contributed by atoms with E-state index in [1.165, 1.54) is 0 Å². The molecule has 0 aliphatic heterocycles.